The number of nitrogens with zero attached hydrogens (tertiary/aromatic N) is 1. The average Bonchev–Trinajstić information content (AvgIpc) is 3.41. The van der Waals surface area contributed by atoms with Crippen LogP contribution in [-0.2, 0) is 6.54 Å². The number of aromatic nitrogens is 1. The molecule has 0 fully saturated rings. The maximum Gasteiger partial charge on any atom is 0.248 e. The van der Waals surface area contributed by atoms with E-state index in [1.807, 2.05) is 18.2 Å². The van der Waals surface area contributed by atoms with Crippen LogP contribution in [0.15, 0.2) is 72.8 Å². The summed E-state index contributed by atoms with van der Waals surface area (Å²) >= 11 is 0. The number of carbonyl (C=O) groups is 1. The van der Waals surface area contributed by atoms with Crippen LogP contribution in [0, 0.1) is 5.92 Å². The van der Waals surface area contributed by atoms with Crippen molar-refractivity contribution in [3.8, 4) is 0 Å². The van der Waals surface area contributed by atoms with Crippen LogP contribution < -0.4 is 11.1 Å². The lowest BCUT2D eigenvalue weighted by atomic mass is 9.76. The molecule has 0 spiro atoms. The Hall–Kier alpha value is -3.53. The minimum absolute atomic E-state index is 0.222. The van der Waals surface area contributed by atoms with Gasteiger partial charge in [0.05, 0.1) is 6.04 Å². The molecule has 4 aromatic rings. The number of amides is 1. The number of allylic oxidation sites excluding steroid dienone is 2. The summed E-state index contributed by atoms with van der Waals surface area (Å²) in [5.41, 5.74) is 12.3. The standard InChI is InChI=1S/C27H25N3O/c1-2-30-24-9-4-3-6-19(24)22-14-16(11-13-25(22)30)26-20-8-5-7-18(20)21-15-17(27(28)31)10-12-23(21)29-26/h3-7,9-15,18,20,26,29H,2,8H2,1H3,(H2,28,31). The largest absolute Gasteiger partial charge is 0.378 e. The first-order valence-electron chi connectivity index (χ1n) is 11.0. The van der Waals surface area contributed by atoms with Crippen LogP contribution in [0.2, 0.25) is 0 Å². The second-order valence-corrected chi connectivity index (χ2v) is 8.68. The molecule has 4 nitrogen and oxygen atoms in total. The van der Waals surface area contributed by atoms with Crippen molar-refractivity contribution in [2.45, 2.75) is 31.8 Å². The lowest BCUT2D eigenvalue weighted by Gasteiger charge is -2.37. The predicted octanol–water partition coefficient (Wildman–Crippen LogP) is 5.74. The highest BCUT2D eigenvalue weighted by Gasteiger charge is 2.38. The summed E-state index contributed by atoms with van der Waals surface area (Å²) in [4.78, 5) is 11.7. The van der Waals surface area contributed by atoms with Crippen LogP contribution in [0.5, 0.6) is 0 Å². The Balaban J connectivity index is 1.49. The number of nitrogens with one attached hydrogen (secondary N) is 1. The number of benzene rings is 3. The molecule has 2 aliphatic rings. The molecule has 0 radical (unpaired) electrons. The number of primary amides is 1. The van der Waals surface area contributed by atoms with E-state index in [1.165, 1.54) is 32.9 Å². The van der Waals surface area contributed by atoms with E-state index in [9.17, 15) is 4.79 Å². The van der Waals surface area contributed by atoms with Crippen molar-refractivity contribution in [2.24, 2.45) is 11.7 Å². The number of fused-ring (bicyclic) bond motifs is 6. The molecule has 3 unspecified atom stereocenters. The molecule has 0 bridgehead atoms. The van der Waals surface area contributed by atoms with Gasteiger partial charge in [0, 0.05) is 45.5 Å². The van der Waals surface area contributed by atoms with Crippen molar-refractivity contribution in [1.29, 1.82) is 0 Å². The zero-order valence-electron chi connectivity index (χ0n) is 17.5. The third-order valence-corrected chi connectivity index (χ3v) is 7.12. The van der Waals surface area contributed by atoms with Gasteiger partial charge in [0.2, 0.25) is 5.91 Å². The first-order valence-corrected chi connectivity index (χ1v) is 11.0. The van der Waals surface area contributed by atoms with Gasteiger partial charge in [-0.05, 0) is 66.8 Å². The van der Waals surface area contributed by atoms with E-state index in [0.29, 0.717) is 17.4 Å². The van der Waals surface area contributed by atoms with Crippen LogP contribution >= 0.6 is 0 Å². The molecule has 31 heavy (non-hydrogen) atoms. The van der Waals surface area contributed by atoms with E-state index in [4.69, 9.17) is 5.73 Å². The monoisotopic (exact) mass is 407 g/mol. The Morgan fingerprint density at radius 2 is 1.90 bits per heavy atom. The number of anilines is 1. The van der Waals surface area contributed by atoms with Gasteiger partial charge in [0.1, 0.15) is 0 Å². The predicted molar refractivity (Wildman–Crippen MR) is 126 cm³/mol. The lowest BCUT2D eigenvalue weighted by Crippen LogP contribution is -2.29. The Morgan fingerprint density at radius 3 is 2.74 bits per heavy atom. The van der Waals surface area contributed by atoms with E-state index in [-0.39, 0.29) is 11.9 Å². The highest BCUT2D eigenvalue weighted by molar-refractivity contribution is 6.08. The molecule has 2 heterocycles. The van der Waals surface area contributed by atoms with Crippen LogP contribution in [0.3, 0.4) is 0 Å². The summed E-state index contributed by atoms with van der Waals surface area (Å²) in [6.45, 7) is 3.16. The van der Waals surface area contributed by atoms with E-state index < -0.39 is 0 Å². The highest BCUT2D eigenvalue weighted by atomic mass is 16.1. The van der Waals surface area contributed by atoms with Crippen LogP contribution in [0.25, 0.3) is 21.8 Å². The molecule has 3 N–H and O–H groups in total. The Morgan fingerprint density at radius 1 is 1.06 bits per heavy atom. The molecule has 1 aliphatic carbocycles. The molecule has 3 atom stereocenters. The average molecular weight is 408 g/mol. The fourth-order valence-electron chi connectivity index (χ4n) is 5.68. The zero-order chi connectivity index (χ0) is 21.1. The fraction of sp³-hybridized carbons (Fsp3) is 0.222. The van der Waals surface area contributed by atoms with Crippen molar-refractivity contribution in [2.75, 3.05) is 5.32 Å². The van der Waals surface area contributed by atoms with Crippen molar-refractivity contribution in [3.05, 3.63) is 89.5 Å². The minimum Gasteiger partial charge on any atom is -0.378 e. The molecule has 4 heteroatoms. The Labute approximate surface area is 181 Å². The van der Waals surface area contributed by atoms with Crippen molar-refractivity contribution in [1.82, 2.24) is 4.57 Å². The van der Waals surface area contributed by atoms with Gasteiger partial charge in [-0.25, -0.2) is 0 Å². The molecule has 0 saturated heterocycles. The number of hydrogen-bond donors (Lipinski definition) is 2. The maximum atomic E-state index is 11.7. The van der Waals surface area contributed by atoms with E-state index in [2.05, 4.69) is 71.4 Å². The van der Waals surface area contributed by atoms with Gasteiger partial charge >= 0.3 is 0 Å². The van der Waals surface area contributed by atoms with Gasteiger partial charge in [-0.2, -0.15) is 0 Å². The van der Waals surface area contributed by atoms with Crippen molar-refractivity contribution >= 4 is 33.4 Å². The van der Waals surface area contributed by atoms with Gasteiger partial charge in [0.15, 0.2) is 0 Å². The third-order valence-electron chi connectivity index (χ3n) is 7.12. The molecule has 3 aromatic carbocycles. The van der Waals surface area contributed by atoms with Crippen LogP contribution in [0.4, 0.5) is 5.69 Å². The molecule has 154 valence electrons. The van der Waals surface area contributed by atoms with Crippen LogP contribution in [0.1, 0.15) is 46.8 Å². The van der Waals surface area contributed by atoms with Gasteiger partial charge in [0.25, 0.3) is 0 Å². The summed E-state index contributed by atoms with van der Waals surface area (Å²) in [5, 5.41) is 6.41. The summed E-state index contributed by atoms with van der Waals surface area (Å²) in [7, 11) is 0. The van der Waals surface area contributed by atoms with Crippen molar-refractivity contribution in [3.63, 3.8) is 0 Å². The van der Waals surface area contributed by atoms with E-state index in [0.717, 1.165) is 18.7 Å². The fourth-order valence-corrected chi connectivity index (χ4v) is 5.68. The van der Waals surface area contributed by atoms with E-state index >= 15 is 0 Å². The number of nitrogens with two attached hydrogens (primary N) is 1. The second kappa shape index (κ2) is 6.74. The summed E-state index contributed by atoms with van der Waals surface area (Å²) in [6.07, 6.45) is 5.60. The minimum atomic E-state index is -0.374. The number of para-hydroxylation sites is 1. The quantitative estimate of drug-likeness (QED) is 0.426. The third kappa shape index (κ3) is 2.64. The van der Waals surface area contributed by atoms with Crippen LogP contribution in [-0.4, -0.2) is 10.5 Å². The van der Waals surface area contributed by atoms with Crippen molar-refractivity contribution < 1.29 is 4.79 Å². The molecule has 1 amide bonds. The van der Waals surface area contributed by atoms with Gasteiger partial charge in [-0.15, -0.1) is 0 Å². The molecular weight excluding hydrogens is 382 g/mol. The normalized spacial score (nSPS) is 21.8. The van der Waals surface area contributed by atoms with E-state index in [1.54, 1.807) is 0 Å². The summed E-state index contributed by atoms with van der Waals surface area (Å²) < 4.78 is 2.39. The number of rotatable bonds is 3. The first kappa shape index (κ1) is 18.3. The summed E-state index contributed by atoms with van der Waals surface area (Å²) in [6, 6.07) is 21.6. The van der Waals surface area contributed by atoms with Gasteiger partial charge in [-0.1, -0.05) is 36.4 Å². The maximum absolute atomic E-state index is 11.7. The summed E-state index contributed by atoms with van der Waals surface area (Å²) in [5.74, 6) is 0.349. The smallest absolute Gasteiger partial charge is 0.248 e. The van der Waals surface area contributed by atoms with Gasteiger partial charge in [-0.3, -0.25) is 4.79 Å². The number of carbonyl (C=O) groups excluding carboxylic acids is 1. The molecule has 0 saturated carbocycles. The topological polar surface area (TPSA) is 60.1 Å². The number of aryl methyl sites for hydroxylation is 1. The SMILES string of the molecule is CCn1c2ccccc2c2cc(C3Nc4ccc(C(N)=O)cc4C4C=CCC43)ccc21. The molecule has 1 aliphatic heterocycles. The first-order chi connectivity index (χ1) is 15.2. The Bertz CT molecular complexity index is 1380. The zero-order valence-corrected chi connectivity index (χ0v) is 17.5. The lowest BCUT2D eigenvalue weighted by molar-refractivity contribution is 0.1000. The number of hydrogen-bond acceptors (Lipinski definition) is 2. The molecule has 6 rings (SSSR count). The van der Waals surface area contributed by atoms with Gasteiger partial charge < -0.3 is 15.6 Å². The Kier molecular flexibility index (Phi) is 3.97. The highest BCUT2D eigenvalue weighted by Crippen LogP contribution is 2.50. The molecule has 1 aromatic heterocycles. The second-order valence-electron chi connectivity index (χ2n) is 8.68. The molecular formula is C27H25N3O.